The van der Waals surface area contributed by atoms with Crippen molar-refractivity contribution in [1.82, 2.24) is 5.32 Å². The lowest BCUT2D eigenvalue weighted by Gasteiger charge is -2.29. The molecule has 32 heavy (non-hydrogen) atoms. The molecule has 0 bridgehead atoms. The van der Waals surface area contributed by atoms with Gasteiger partial charge >= 0.3 is 6.18 Å². The Morgan fingerprint density at radius 2 is 1.84 bits per heavy atom. The third-order valence-electron chi connectivity index (χ3n) is 5.17. The van der Waals surface area contributed by atoms with Gasteiger partial charge in [0.2, 0.25) is 0 Å². The molecule has 1 amide bonds. The molecule has 1 atom stereocenters. The molecule has 2 aromatic rings. The molecule has 0 saturated heterocycles. The van der Waals surface area contributed by atoms with Crippen molar-refractivity contribution in [3.63, 3.8) is 0 Å². The highest BCUT2D eigenvalue weighted by Crippen LogP contribution is 2.49. The molecule has 3 rings (SSSR count). The number of nitrogens with zero attached hydrogens (tertiary/aromatic N) is 1. The lowest BCUT2D eigenvalue weighted by Crippen LogP contribution is -2.42. The molecule has 1 aliphatic rings. The van der Waals surface area contributed by atoms with Gasteiger partial charge in [-0.15, -0.1) is 11.6 Å². The van der Waals surface area contributed by atoms with Crippen molar-refractivity contribution in [2.75, 3.05) is 12.4 Å². The summed E-state index contributed by atoms with van der Waals surface area (Å²) in [5, 5.41) is 6.67. The zero-order valence-electron chi connectivity index (χ0n) is 17.0. The third kappa shape index (κ3) is 5.16. The number of hydrogen-bond acceptors (Lipinski definition) is 3. The molecule has 10 heteroatoms. The average Bonchev–Trinajstić information content (AvgIpc) is 3.17. The Labute approximate surface area is 198 Å². The van der Waals surface area contributed by atoms with Crippen LogP contribution in [0.1, 0.15) is 46.3 Å². The van der Waals surface area contributed by atoms with E-state index >= 15 is 0 Å². The Morgan fingerprint density at radius 1 is 1.16 bits per heavy atom. The van der Waals surface area contributed by atoms with Crippen LogP contribution in [0.25, 0.3) is 0 Å². The van der Waals surface area contributed by atoms with E-state index in [1.165, 1.54) is 18.2 Å². The molecule has 0 saturated carbocycles. The van der Waals surface area contributed by atoms with E-state index in [-0.39, 0.29) is 27.2 Å². The SMILES string of the molecule is Cc1cc(C2=NOC(c3cc(Cl)cc(Cl)c3)(C(F)(F)F)C2)ccc1C(=O)NCCCCCl. The second-order valence-electron chi connectivity index (χ2n) is 7.47. The number of carbonyl (C=O) groups excluding carboxylic acids is 1. The average molecular weight is 508 g/mol. The number of alkyl halides is 4. The van der Waals surface area contributed by atoms with Gasteiger partial charge in [-0.05, 0) is 61.2 Å². The molecule has 1 unspecified atom stereocenters. The predicted molar refractivity (Wildman–Crippen MR) is 120 cm³/mol. The van der Waals surface area contributed by atoms with Gasteiger partial charge in [0.05, 0.1) is 5.71 Å². The van der Waals surface area contributed by atoms with Crippen LogP contribution in [-0.4, -0.2) is 30.2 Å². The number of benzene rings is 2. The number of unbranched alkanes of at least 4 members (excludes halogenated alkanes) is 1. The van der Waals surface area contributed by atoms with Gasteiger partial charge in [0.25, 0.3) is 11.5 Å². The Bertz CT molecular complexity index is 1020. The number of nitrogens with one attached hydrogen (secondary N) is 1. The maximum atomic E-state index is 14.1. The number of hydrogen-bond donors (Lipinski definition) is 1. The number of amides is 1. The largest absolute Gasteiger partial charge is 0.435 e. The zero-order chi connectivity index (χ0) is 23.5. The second-order valence-corrected chi connectivity index (χ2v) is 8.72. The van der Waals surface area contributed by atoms with E-state index < -0.39 is 18.2 Å². The number of rotatable bonds is 7. The van der Waals surface area contributed by atoms with Crippen LogP contribution in [0.5, 0.6) is 0 Å². The molecule has 0 aromatic heterocycles. The molecule has 2 aromatic carbocycles. The van der Waals surface area contributed by atoms with Crippen molar-refractivity contribution < 1.29 is 22.8 Å². The van der Waals surface area contributed by atoms with E-state index in [9.17, 15) is 18.0 Å². The van der Waals surface area contributed by atoms with Crippen molar-refractivity contribution in [2.45, 2.75) is 38.0 Å². The Morgan fingerprint density at radius 3 is 2.44 bits per heavy atom. The minimum Gasteiger partial charge on any atom is -0.374 e. The van der Waals surface area contributed by atoms with Crippen LogP contribution in [0, 0.1) is 6.92 Å². The molecule has 0 radical (unpaired) electrons. The normalized spacial score (nSPS) is 18.3. The fraction of sp³-hybridized carbons (Fsp3) is 0.364. The summed E-state index contributed by atoms with van der Waals surface area (Å²) in [6.07, 6.45) is -3.79. The van der Waals surface area contributed by atoms with Gasteiger partial charge in [0.15, 0.2) is 0 Å². The summed E-state index contributed by atoms with van der Waals surface area (Å²) in [7, 11) is 0. The smallest absolute Gasteiger partial charge is 0.374 e. The molecule has 4 nitrogen and oxygen atoms in total. The van der Waals surface area contributed by atoms with Crippen molar-refractivity contribution >= 4 is 46.4 Å². The summed E-state index contributed by atoms with van der Waals surface area (Å²) in [6.45, 7) is 2.20. The van der Waals surface area contributed by atoms with E-state index in [4.69, 9.17) is 39.6 Å². The summed E-state index contributed by atoms with van der Waals surface area (Å²) in [4.78, 5) is 17.4. The first-order chi connectivity index (χ1) is 15.1. The molecule has 172 valence electrons. The highest BCUT2D eigenvalue weighted by Gasteiger charge is 2.62. The fourth-order valence-electron chi connectivity index (χ4n) is 3.46. The minimum atomic E-state index is -4.77. The van der Waals surface area contributed by atoms with Gasteiger partial charge in [-0.2, -0.15) is 13.2 Å². The maximum Gasteiger partial charge on any atom is 0.435 e. The van der Waals surface area contributed by atoms with Gasteiger partial charge < -0.3 is 10.2 Å². The summed E-state index contributed by atoms with van der Waals surface area (Å²) in [5.74, 6) is 0.264. The Hall–Kier alpha value is -1.96. The quantitative estimate of drug-likeness (QED) is 0.338. The summed E-state index contributed by atoms with van der Waals surface area (Å²) in [5.41, 5.74) is -1.36. The molecular weight excluding hydrogens is 488 g/mol. The van der Waals surface area contributed by atoms with Gasteiger partial charge in [-0.1, -0.05) is 34.4 Å². The van der Waals surface area contributed by atoms with E-state index in [0.29, 0.717) is 29.1 Å². The molecule has 1 aliphatic heterocycles. The van der Waals surface area contributed by atoms with E-state index in [2.05, 4.69) is 10.5 Å². The summed E-state index contributed by atoms with van der Waals surface area (Å²) in [6, 6.07) is 8.42. The zero-order valence-corrected chi connectivity index (χ0v) is 19.3. The van der Waals surface area contributed by atoms with E-state index in [1.807, 2.05) is 0 Å². The van der Waals surface area contributed by atoms with Crippen molar-refractivity contribution in [3.05, 3.63) is 68.7 Å². The maximum absolute atomic E-state index is 14.1. The molecular formula is C22H20Cl3F3N2O2. The van der Waals surface area contributed by atoms with Gasteiger partial charge in [-0.25, -0.2) is 0 Å². The topological polar surface area (TPSA) is 50.7 Å². The molecule has 0 fully saturated rings. The van der Waals surface area contributed by atoms with Crippen molar-refractivity contribution in [3.8, 4) is 0 Å². The van der Waals surface area contributed by atoms with Crippen molar-refractivity contribution in [1.29, 1.82) is 0 Å². The summed E-state index contributed by atoms with van der Waals surface area (Å²) >= 11 is 17.5. The third-order valence-corrected chi connectivity index (χ3v) is 5.87. The number of halogens is 6. The number of carbonyl (C=O) groups is 1. The van der Waals surface area contributed by atoms with Crippen LogP contribution >= 0.6 is 34.8 Å². The number of aryl methyl sites for hydroxylation is 1. The first-order valence-electron chi connectivity index (χ1n) is 9.81. The number of oxime groups is 1. The van der Waals surface area contributed by atoms with Crippen LogP contribution in [0.2, 0.25) is 10.0 Å². The first-order valence-corrected chi connectivity index (χ1v) is 11.1. The minimum absolute atomic E-state index is 0.0606. The lowest BCUT2D eigenvalue weighted by atomic mass is 9.86. The van der Waals surface area contributed by atoms with Crippen LogP contribution in [0.15, 0.2) is 41.6 Å². The van der Waals surface area contributed by atoms with Crippen molar-refractivity contribution in [2.24, 2.45) is 5.16 Å². The lowest BCUT2D eigenvalue weighted by molar-refractivity contribution is -0.275. The van der Waals surface area contributed by atoms with E-state index in [1.54, 1.807) is 25.1 Å². The Kier molecular flexibility index (Phi) is 7.63. The standard InChI is InChI=1S/C22H20Cl3F3N2O2/c1-13-8-14(4-5-18(13)20(31)29-7-3-2-6-23)19-12-21(32-30-19,22(26,27)28)15-9-16(24)11-17(25)10-15/h4-5,8-11H,2-3,6-7,12H2,1H3,(H,29,31). The molecule has 0 spiro atoms. The van der Waals surface area contributed by atoms with Gasteiger partial charge in [0.1, 0.15) is 0 Å². The van der Waals surface area contributed by atoms with Gasteiger partial charge in [-0.3, -0.25) is 4.79 Å². The fourth-order valence-corrected chi connectivity index (χ4v) is 4.18. The predicted octanol–water partition coefficient (Wildman–Crippen LogP) is 6.63. The molecule has 0 aliphatic carbocycles. The molecule has 1 N–H and O–H groups in total. The summed E-state index contributed by atoms with van der Waals surface area (Å²) < 4.78 is 42.4. The van der Waals surface area contributed by atoms with E-state index in [0.717, 1.165) is 12.8 Å². The van der Waals surface area contributed by atoms with Crippen LogP contribution < -0.4 is 5.32 Å². The van der Waals surface area contributed by atoms with Crippen LogP contribution in [0.3, 0.4) is 0 Å². The highest BCUT2D eigenvalue weighted by molar-refractivity contribution is 6.34. The second kappa shape index (κ2) is 9.89. The first kappa shape index (κ1) is 24.7. The monoisotopic (exact) mass is 506 g/mol. The van der Waals surface area contributed by atoms with Crippen LogP contribution in [-0.2, 0) is 10.4 Å². The Balaban J connectivity index is 1.84. The van der Waals surface area contributed by atoms with Gasteiger partial charge in [0, 0.05) is 40.0 Å². The molecule has 1 heterocycles. The highest BCUT2D eigenvalue weighted by atomic mass is 35.5. The van der Waals surface area contributed by atoms with Crippen LogP contribution in [0.4, 0.5) is 13.2 Å².